The highest BCUT2D eigenvalue weighted by molar-refractivity contribution is 7.99. The van der Waals surface area contributed by atoms with Gasteiger partial charge >= 0.3 is 5.97 Å². The number of rotatable bonds is 6. The first-order chi connectivity index (χ1) is 7.12. The smallest absolute Gasteiger partial charge is 0.306 e. The van der Waals surface area contributed by atoms with Crippen molar-refractivity contribution in [3.63, 3.8) is 0 Å². The lowest BCUT2D eigenvalue weighted by Crippen LogP contribution is -2.12. The molecule has 1 aliphatic rings. The van der Waals surface area contributed by atoms with Crippen molar-refractivity contribution < 1.29 is 9.53 Å². The molecule has 1 aliphatic carbocycles. The number of nitrogens with zero attached hydrogens (tertiary/aromatic N) is 1. The van der Waals surface area contributed by atoms with Gasteiger partial charge in [0.2, 0.25) is 0 Å². The van der Waals surface area contributed by atoms with Crippen LogP contribution >= 0.6 is 11.8 Å². The molecule has 1 atom stereocenters. The van der Waals surface area contributed by atoms with Crippen molar-refractivity contribution in [2.75, 3.05) is 12.9 Å². The van der Waals surface area contributed by atoms with Crippen molar-refractivity contribution in [2.24, 2.45) is 5.41 Å². The number of thioether (sulfide) groups is 1. The fraction of sp³-hybridized carbons (Fsp3) is 0.818. The highest BCUT2D eigenvalue weighted by Gasteiger charge is 2.42. The fourth-order valence-corrected chi connectivity index (χ4v) is 2.70. The Morgan fingerprint density at radius 2 is 2.33 bits per heavy atom. The third-order valence-corrected chi connectivity index (χ3v) is 4.28. The number of nitriles is 1. The average Bonchev–Trinajstić information content (AvgIpc) is 2.96. The van der Waals surface area contributed by atoms with Gasteiger partial charge in [-0.25, -0.2) is 0 Å². The third kappa shape index (κ3) is 4.13. The van der Waals surface area contributed by atoms with Crippen molar-refractivity contribution in [3.05, 3.63) is 0 Å². The highest BCUT2D eigenvalue weighted by Crippen LogP contribution is 2.51. The number of ether oxygens (including phenoxy) is 1. The van der Waals surface area contributed by atoms with E-state index in [0.29, 0.717) is 12.8 Å². The maximum absolute atomic E-state index is 11.0. The molecule has 0 spiro atoms. The monoisotopic (exact) mass is 227 g/mol. The topological polar surface area (TPSA) is 50.1 Å². The molecule has 0 saturated heterocycles. The zero-order valence-electron chi connectivity index (χ0n) is 9.28. The quantitative estimate of drug-likeness (QED) is 0.654. The Balaban J connectivity index is 2.20. The molecule has 15 heavy (non-hydrogen) atoms. The summed E-state index contributed by atoms with van der Waals surface area (Å²) in [5.41, 5.74) is 0.268. The lowest BCUT2D eigenvalue weighted by Gasteiger charge is -2.14. The summed E-state index contributed by atoms with van der Waals surface area (Å²) in [4.78, 5) is 11.0. The second kappa shape index (κ2) is 5.41. The minimum absolute atomic E-state index is 0.153. The molecule has 1 fully saturated rings. The van der Waals surface area contributed by atoms with Gasteiger partial charge in [0.05, 0.1) is 19.6 Å². The van der Waals surface area contributed by atoms with E-state index in [1.54, 1.807) is 11.8 Å². The molecule has 1 saturated carbocycles. The molecule has 0 radical (unpaired) electrons. The summed E-state index contributed by atoms with van der Waals surface area (Å²) in [7, 11) is 1.41. The van der Waals surface area contributed by atoms with Crippen LogP contribution in [0.5, 0.6) is 0 Å². The average molecular weight is 227 g/mol. The summed E-state index contributed by atoms with van der Waals surface area (Å²) in [6.07, 6.45) is 3.45. The molecular weight excluding hydrogens is 210 g/mol. The summed E-state index contributed by atoms with van der Waals surface area (Å²) < 4.78 is 4.61. The van der Waals surface area contributed by atoms with E-state index in [1.807, 2.05) is 6.92 Å². The van der Waals surface area contributed by atoms with Crippen molar-refractivity contribution in [2.45, 2.75) is 37.9 Å². The Labute approximate surface area is 95.2 Å². The highest BCUT2D eigenvalue weighted by atomic mass is 32.2. The van der Waals surface area contributed by atoms with Gasteiger partial charge < -0.3 is 4.74 Å². The molecule has 3 nitrogen and oxygen atoms in total. The van der Waals surface area contributed by atoms with Gasteiger partial charge in [0.25, 0.3) is 0 Å². The van der Waals surface area contributed by atoms with Crippen LogP contribution in [-0.4, -0.2) is 24.1 Å². The molecule has 0 aromatic carbocycles. The van der Waals surface area contributed by atoms with Crippen molar-refractivity contribution >= 4 is 17.7 Å². The summed E-state index contributed by atoms with van der Waals surface area (Å²) >= 11 is 1.78. The van der Waals surface area contributed by atoms with Gasteiger partial charge in [-0.05, 0) is 18.3 Å². The number of carbonyl (C=O) groups excluding carboxylic acids is 1. The molecule has 0 aromatic rings. The van der Waals surface area contributed by atoms with E-state index in [-0.39, 0.29) is 16.6 Å². The molecule has 1 rings (SSSR count). The van der Waals surface area contributed by atoms with E-state index in [4.69, 9.17) is 5.26 Å². The Hall–Kier alpha value is -0.690. The first kappa shape index (κ1) is 12.4. The molecule has 0 bridgehead atoms. The van der Waals surface area contributed by atoms with Crippen molar-refractivity contribution in [1.29, 1.82) is 5.26 Å². The van der Waals surface area contributed by atoms with Crippen molar-refractivity contribution in [1.82, 2.24) is 0 Å². The predicted octanol–water partition coefficient (Wildman–Crippen LogP) is 2.37. The third-order valence-electron chi connectivity index (χ3n) is 2.77. The maximum atomic E-state index is 11.0. The van der Waals surface area contributed by atoms with Crippen LogP contribution in [0, 0.1) is 16.7 Å². The fourth-order valence-electron chi connectivity index (χ4n) is 1.41. The van der Waals surface area contributed by atoms with Crippen LogP contribution in [0.3, 0.4) is 0 Å². The molecular formula is C11H17NO2S. The number of esters is 1. The zero-order chi connectivity index (χ0) is 11.3. The number of hydrogen-bond acceptors (Lipinski definition) is 4. The van der Waals surface area contributed by atoms with E-state index in [2.05, 4.69) is 10.8 Å². The van der Waals surface area contributed by atoms with Gasteiger partial charge in [-0.15, -0.1) is 0 Å². The molecule has 0 N–H and O–H groups in total. The molecule has 4 heteroatoms. The number of carbonyl (C=O) groups is 1. The number of methoxy groups -OCH3 is 1. The van der Waals surface area contributed by atoms with E-state index in [0.717, 1.165) is 5.75 Å². The lowest BCUT2D eigenvalue weighted by molar-refractivity contribution is -0.140. The summed E-state index contributed by atoms with van der Waals surface area (Å²) in [5.74, 6) is 0.846. The Morgan fingerprint density at radius 1 is 1.67 bits per heavy atom. The molecule has 1 unspecified atom stereocenters. The SMILES string of the molecule is COC(=O)CC(C)SCC1(CC#N)CC1. The largest absolute Gasteiger partial charge is 0.469 e. The van der Waals surface area contributed by atoms with E-state index in [9.17, 15) is 4.79 Å². The molecule has 0 amide bonds. The first-order valence-corrected chi connectivity index (χ1v) is 6.22. The van der Waals surface area contributed by atoms with Crippen LogP contribution in [-0.2, 0) is 9.53 Å². The van der Waals surface area contributed by atoms with Crippen LogP contribution in [0.4, 0.5) is 0 Å². The van der Waals surface area contributed by atoms with Crippen LogP contribution in [0.25, 0.3) is 0 Å². The lowest BCUT2D eigenvalue weighted by atomic mass is 10.1. The molecule has 0 aromatic heterocycles. The molecule has 84 valence electrons. The second-order valence-corrected chi connectivity index (χ2v) is 5.66. The number of hydrogen-bond donors (Lipinski definition) is 0. The summed E-state index contributed by atoms with van der Waals surface area (Å²) in [6, 6.07) is 2.24. The zero-order valence-corrected chi connectivity index (χ0v) is 10.1. The van der Waals surface area contributed by atoms with Gasteiger partial charge in [-0.2, -0.15) is 17.0 Å². The minimum Gasteiger partial charge on any atom is -0.469 e. The van der Waals surface area contributed by atoms with Gasteiger partial charge in [0.15, 0.2) is 0 Å². The Bertz CT molecular complexity index is 268. The summed E-state index contributed by atoms with van der Waals surface area (Å²) in [5, 5.41) is 8.94. The van der Waals surface area contributed by atoms with E-state index in [1.165, 1.54) is 20.0 Å². The van der Waals surface area contributed by atoms with Gasteiger partial charge in [0.1, 0.15) is 0 Å². The standard InChI is InChI=1S/C11H17NO2S/c1-9(7-10(13)14-2)15-8-11(3-4-11)5-6-12/h9H,3-5,7-8H2,1-2H3. The Kier molecular flexibility index (Phi) is 4.46. The Morgan fingerprint density at radius 3 is 2.80 bits per heavy atom. The first-order valence-electron chi connectivity index (χ1n) is 5.17. The van der Waals surface area contributed by atoms with Crippen LogP contribution in [0.15, 0.2) is 0 Å². The molecule has 0 heterocycles. The minimum atomic E-state index is -0.153. The van der Waals surface area contributed by atoms with E-state index >= 15 is 0 Å². The van der Waals surface area contributed by atoms with Crippen molar-refractivity contribution in [3.8, 4) is 6.07 Å². The van der Waals surface area contributed by atoms with Gasteiger partial charge in [-0.1, -0.05) is 6.92 Å². The van der Waals surface area contributed by atoms with Crippen LogP contribution < -0.4 is 0 Å². The normalized spacial score (nSPS) is 19.0. The van der Waals surface area contributed by atoms with Crippen LogP contribution in [0.2, 0.25) is 0 Å². The van der Waals surface area contributed by atoms with Gasteiger partial charge in [0, 0.05) is 17.4 Å². The van der Waals surface area contributed by atoms with E-state index < -0.39 is 0 Å². The second-order valence-electron chi connectivity index (χ2n) is 4.24. The summed E-state index contributed by atoms with van der Waals surface area (Å²) in [6.45, 7) is 2.03. The maximum Gasteiger partial charge on any atom is 0.306 e. The van der Waals surface area contributed by atoms with Crippen LogP contribution in [0.1, 0.15) is 32.6 Å². The predicted molar refractivity (Wildman–Crippen MR) is 60.5 cm³/mol. The van der Waals surface area contributed by atoms with Gasteiger partial charge in [-0.3, -0.25) is 4.79 Å². The molecule has 0 aliphatic heterocycles.